The lowest BCUT2D eigenvalue weighted by Gasteiger charge is -2.26. The first kappa shape index (κ1) is 19.8. The topological polar surface area (TPSA) is 123 Å². The van der Waals surface area contributed by atoms with E-state index >= 15 is 0 Å². The molecule has 1 aliphatic rings. The molecule has 148 valence electrons. The van der Waals surface area contributed by atoms with Gasteiger partial charge < -0.3 is 20.3 Å². The molecular formula is C17H19ClN6O4. The molecule has 0 bridgehead atoms. The highest BCUT2D eigenvalue weighted by Gasteiger charge is 2.19. The molecule has 1 aliphatic heterocycles. The fourth-order valence-corrected chi connectivity index (χ4v) is 2.85. The lowest BCUT2D eigenvalue weighted by atomic mass is 10.2. The summed E-state index contributed by atoms with van der Waals surface area (Å²) in [6, 6.07) is 6.31. The Morgan fingerprint density at radius 3 is 2.79 bits per heavy atom. The summed E-state index contributed by atoms with van der Waals surface area (Å²) in [6.45, 7) is 2.97. The van der Waals surface area contributed by atoms with Crippen molar-refractivity contribution in [1.29, 1.82) is 0 Å². The zero-order valence-corrected chi connectivity index (χ0v) is 15.7. The van der Waals surface area contributed by atoms with E-state index in [0.717, 1.165) is 0 Å². The van der Waals surface area contributed by atoms with Crippen molar-refractivity contribution in [1.82, 2.24) is 15.3 Å². The maximum Gasteiger partial charge on any atom is 0.292 e. The van der Waals surface area contributed by atoms with Gasteiger partial charge in [-0.3, -0.25) is 14.9 Å². The standard InChI is InChI=1S/C17H19ClN6O4/c18-12-11-21-17(23-7-9-28-10-8-23)22-15(12)16(25)20-6-5-19-13-3-1-2-4-14(13)24(26)27/h1-4,11,19H,5-10H2,(H,20,25). The number of hydrogen-bond donors (Lipinski definition) is 2. The largest absolute Gasteiger partial charge is 0.378 e. The molecule has 0 radical (unpaired) electrons. The highest BCUT2D eigenvalue weighted by atomic mass is 35.5. The van der Waals surface area contributed by atoms with Gasteiger partial charge in [0.25, 0.3) is 11.6 Å². The molecule has 0 unspecified atom stereocenters. The second kappa shape index (κ2) is 9.29. The highest BCUT2D eigenvalue weighted by molar-refractivity contribution is 6.33. The molecule has 0 atom stereocenters. The smallest absolute Gasteiger partial charge is 0.292 e. The Kier molecular flexibility index (Phi) is 6.56. The van der Waals surface area contributed by atoms with Gasteiger partial charge in [0.05, 0.1) is 29.4 Å². The lowest BCUT2D eigenvalue weighted by Crippen LogP contribution is -2.38. The molecule has 0 saturated carbocycles. The fourth-order valence-electron chi connectivity index (χ4n) is 2.67. The molecule has 11 heteroatoms. The van der Waals surface area contributed by atoms with Crippen LogP contribution in [0.25, 0.3) is 0 Å². The molecular weight excluding hydrogens is 388 g/mol. The van der Waals surface area contributed by atoms with E-state index in [1.807, 2.05) is 4.90 Å². The normalized spacial score (nSPS) is 13.8. The molecule has 1 aromatic heterocycles. The number of hydrogen-bond acceptors (Lipinski definition) is 8. The SMILES string of the molecule is O=C(NCCNc1ccccc1[N+](=O)[O-])c1nc(N2CCOCC2)ncc1Cl. The molecule has 0 spiro atoms. The fraction of sp³-hybridized carbons (Fsp3) is 0.353. The van der Waals surface area contributed by atoms with E-state index < -0.39 is 10.8 Å². The number of amides is 1. The van der Waals surface area contributed by atoms with Gasteiger partial charge in [-0.15, -0.1) is 0 Å². The number of carbonyl (C=O) groups excluding carboxylic acids is 1. The zero-order chi connectivity index (χ0) is 19.9. The molecule has 10 nitrogen and oxygen atoms in total. The van der Waals surface area contributed by atoms with Crippen LogP contribution >= 0.6 is 11.6 Å². The van der Waals surface area contributed by atoms with Crippen LogP contribution in [0, 0.1) is 10.1 Å². The summed E-state index contributed by atoms with van der Waals surface area (Å²) in [4.78, 5) is 33.3. The Bertz CT molecular complexity index is 859. The number of para-hydroxylation sites is 2. The second-order valence-corrected chi connectivity index (χ2v) is 6.33. The molecule has 2 aromatic rings. The molecule has 28 heavy (non-hydrogen) atoms. The molecule has 2 N–H and O–H groups in total. The first-order valence-corrected chi connectivity index (χ1v) is 9.05. The number of nitro groups is 1. The van der Waals surface area contributed by atoms with Crippen LogP contribution in [0.1, 0.15) is 10.5 Å². The molecule has 1 amide bonds. The van der Waals surface area contributed by atoms with Crippen molar-refractivity contribution in [2.24, 2.45) is 0 Å². The molecule has 2 heterocycles. The van der Waals surface area contributed by atoms with Gasteiger partial charge in [-0.05, 0) is 6.07 Å². The average Bonchev–Trinajstić information content (AvgIpc) is 2.72. The van der Waals surface area contributed by atoms with Crippen molar-refractivity contribution in [2.45, 2.75) is 0 Å². The molecule has 1 fully saturated rings. The van der Waals surface area contributed by atoms with Crippen LogP contribution < -0.4 is 15.5 Å². The minimum absolute atomic E-state index is 0.0252. The van der Waals surface area contributed by atoms with Crippen LogP contribution in [-0.4, -0.2) is 60.2 Å². The van der Waals surface area contributed by atoms with E-state index in [1.165, 1.54) is 12.3 Å². The van der Waals surface area contributed by atoms with Crippen LogP contribution in [0.15, 0.2) is 30.5 Å². The Hall–Kier alpha value is -2.98. The first-order valence-electron chi connectivity index (χ1n) is 8.67. The number of morpholine rings is 1. The van der Waals surface area contributed by atoms with Gasteiger partial charge in [-0.1, -0.05) is 23.7 Å². The van der Waals surface area contributed by atoms with Crippen molar-refractivity contribution in [3.63, 3.8) is 0 Å². The van der Waals surface area contributed by atoms with Crippen LogP contribution in [0.4, 0.5) is 17.3 Å². The highest BCUT2D eigenvalue weighted by Crippen LogP contribution is 2.22. The Morgan fingerprint density at radius 1 is 1.29 bits per heavy atom. The number of carbonyl (C=O) groups is 1. The number of benzene rings is 1. The van der Waals surface area contributed by atoms with Crippen LogP contribution in [0.5, 0.6) is 0 Å². The minimum Gasteiger partial charge on any atom is -0.378 e. The third kappa shape index (κ3) is 4.84. The van der Waals surface area contributed by atoms with Crippen molar-refractivity contribution >= 4 is 34.8 Å². The number of halogens is 1. The summed E-state index contributed by atoms with van der Waals surface area (Å²) < 4.78 is 5.30. The Labute approximate surface area is 166 Å². The maximum absolute atomic E-state index is 12.4. The lowest BCUT2D eigenvalue weighted by molar-refractivity contribution is -0.384. The third-order valence-corrected chi connectivity index (χ3v) is 4.34. The molecule has 3 rings (SSSR count). The number of nitro benzene ring substituents is 1. The second-order valence-electron chi connectivity index (χ2n) is 5.92. The number of anilines is 2. The summed E-state index contributed by atoms with van der Waals surface area (Å²) in [6.07, 6.45) is 1.40. The van der Waals surface area contributed by atoms with Gasteiger partial charge in [-0.2, -0.15) is 0 Å². The average molecular weight is 407 g/mol. The maximum atomic E-state index is 12.4. The summed E-state index contributed by atoms with van der Waals surface area (Å²) in [5, 5.41) is 16.8. The van der Waals surface area contributed by atoms with Crippen molar-refractivity contribution in [3.05, 3.63) is 51.3 Å². The predicted molar refractivity (Wildman–Crippen MR) is 104 cm³/mol. The van der Waals surface area contributed by atoms with Crippen molar-refractivity contribution in [3.8, 4) is 0 Å². The van der Waals surface area contributed by atoms with Gasteiger partial charge in [0.15, 0.2) is 5.69 Å². The molecule has 0 aliphatic carbocycles. The predicted octanol–water partition coefficient (Wildman–Crippen LogP) is 1.72. The Morgan fingerprint density at radius 2 is 2.04 bits per heavy atom. The van der Waals surface area contributed by atoms with Crippen LogP contribution in [0.3, 0.4) is 0 Å². The first-order chi connectivity index (χ1) is 13.6. The summed E-state index contributed by atoms with van der Waals surface area (Å²) in [7, 11) is 0. The van der Waals surface area contributed by atoms with E-state index in [4.69, 9.17) is 16.3 Å². The summed E-state index contributed by atoms with van der Waals surface area (Å²) in [5.41, 5.74) is 0.447. The van der Waals surface area contributed by atoms with Gasteiger partial charge in [0.1, 0.15) is 5.69 Å². The number of rotatable bonds is 7. The van der Waals surface area contributed by atoms with Gasteiger partial charge >= 0.3 is 0 Å². The molecule has 1 saturated heterocycles. The quantitative estimate of drug-likeness (QED) is 0.405. The summed E-state index contributed by atoms with van der Waals surface area (Å²) >= 11 is 6.07. The van der Waals surface area contributed by atoms with Crippen LogP contribution in [0.2, 0.25) is 5.02 Å². The van der Waals surface area contributed by atoms with Gasteiger partial charge in [-0.25, -0.2) is 9.97 Å². The Balaban J connectivity index is 1.57. The molecule has 1 aromatic carbocycles. The van der Waals surface area contributed by atoms with Crippen molar-refractivity contribution < 1.29 is 14.5 Å². The van der Waals surface area contributed by atoms with E-state index in [2.05, 4.69) is 20.6 Å². The van der Waals surface area contributed by atoms with E-state index in [-0.39, 0.29) is 22.9 Å². The number of aromatic nitrogens is 2. The monoisotopic (exact) mass is 406 g/mol. The minimum atomic E-state index is -0.464. The van der Waals surface area contributed by atoms with Gasteiger partial charge in [0.2, 0.25) is 5.95 Å². The number of nitrogens with one attached hydrogen (secondary N) is 2. The number of nitrogens with zero attached hydrogens (tertiary/aromatic N) is 4. The summed E-state index contributed by atoms with van der Waals surface area (Å²) in [5.74, 6) is -0.0119. The van der Waals surface area contributed by atoms with E-state index in [1.54, 1.807) is 18.2 Å². The number of ether oxygens (including phenoxy) is 1. The van der Waals surface area contributed by atoms with Crippen molar-refractivity contribution in [2.75, 3.05) is 49.6 Å². The van der Waals surface area contributed by atoms with E-state index in [9.17, 15) is 14.9 Å². The van der Waals surface area contributed by atoms with Gasteiger partial charge in [0, 0.05) is 32.2 Å². The zero-order valence-electron chi connectivity index (χ0n) is 14.9. The third-order valence-electron chi connectivity index (χ3n) is 4.07. The van der Waals surface area contributed by atoms with E-state index in [0.29, 0.717) is 44.5 Å². The van der Waals surface area contributed by atoms with Crippen LogP contribution in [-0.2, 0) is 4.74 Å².